The summed E-state index contributed by atoms with van der Waals surface area (Å²) in [6.45, 7) is 8.00. The predicted octanol–water partition coefficient (Wildman–Crippen LogP) is 5.46. The molecular weight excluding hydrogens is 402 g/mol. The summed E-state index contributed by atoms with van der Waals surface area (Å²) in [7, 11) is 0. The molecule has 0 aliphatic rings. The van der Waals surface area contributed by atoms with Crippen LogP contribution >= 0.6 is 0 Å². The maximum Gasteiger partial charge on any atom is 0.274 e. The molecule has 2 aromatic heterocycles. The second-order valence-corrected chi connectivity index (χ2v) is 7.93. The van der Waals surface area contributed by atoms with Crippen molar-refractivity contribution in [2.24, 2.45) is 0 Å². The number of nitrogens with zero attached hydrogens (tertiary/aromatic N) is 2. The summed E-state index contributed by atoms with van der Waals surface area (Å²) >= 11 is 0. The highest BCUT2D eigenvalue weighted by atomic mass is 16.5. The van der Waals surface area contributed by atoms with E-state index >= 15 is 0 Å². The molecule has 32 heavy (non-hydrogen) atoms. The Morgan fingerprint density at radius 1 is 1.09 bits per heavy atom. The lowest BCUT2D eigenvalue weighted by atomic mass is 10.1. The molecule has 0 fully saturated rings. The number of nitrogens with one attached hydrogen (secondary N) is 1. The zero-order valence-electron chi connectivity index (χ0n) is 18.8. The monoisotopic (exact) mass is 429 g/mol. The van der Waals surface area contributed by atoms with E-state index in [1.807, 2.05) is 86.3 Å². The number of aromatic nitrogens is 2. The van der Waals surface area contributed by atoms with Gasteiger partial charge in [0.05, 0.1) is 11.6 Å². The standard InChI is InChI=1S/C26H27N3O3/c1-17-9-7-12-24(18(17)2)31-16-23-20(4)32-28-25(23)26(30)27-19(3)21-10-8-11-22(15-21)29-13-5-6-14-29/h5-15,19H,16H2,1-4H3,(H,27,30). The van der Waals surface area contributed by atoms with E-state index < -0.39 is 0 Å². The first-order chi connectivity index (χ1) is 15.4. The normalized spacial score (nSPS) is 11.9. The fourth-order valence-corrected chi connectivity index (χ4v) is 3.58. The van der Waals surface area contributed by atoms with E-state index in [1.54, 1.807) is 6.92 Å². The fraction of sp³-hybridized carbons (Fsp3) is 0.231. The maximum atomic E-state index is 13.0. The average molecular weight is 430 g/mol. The molecule has 4 aromatic rings. The van der Waals surface area contributed by atoms with Gasteiger partial charge in [0.25, 0.3) is 5.91 Å². The largest absolute Gasteiger partial charge is 0.488 e. The minimum Gasteiger partial charge on any atom is -0.488 e. The van der Waals surface area contributed by atoms with Crippen molar-refractivity contribution in [3.63, 3.8) is 0 Å². The lowest BCUT2D eigenvalue weighted by Gasteiger charge is -2.16. The highest BCUT2D eigenvalue weighted by molar-refractivity contribution is 5.94. The van der Waals surface area contributed by atoms with Crippen LogP contribution in [0.3, 0.4) is 0 Å². The molecule has 1 atom stereocenters. The molecule has 1 amide bonds. The molecule has 164 valence electrons. The third kappa shape index (κ3) is 4.44. The van der Waals surface area contributed by atoms with Crippen LogP contribution in [0.2, 0.25) is 0 Å². The SMILES string of the molecule is Cc1cccc(OCc2c(C(=O)NC(C)c3cccc(-n4cccc4)c3)noc2C)c1C. The van der Waals surface area contributed by atoms with Gasteiger partial charge >= 0.3 is 0 Å². The van der Waals surface area contributed by atoms with Gasteiger partial charge in [0.1, 0.15) is 18.1 Å². The zero-order chi connectivity index (χ0) is 22.7. The molecule has 0 bridgehead atoms. The van der Waals surface area contributed by atoms with E-state index in [0.29, 0.717) is 11.3 Å². The number of aryl methyl sites for hydroxylation is 2. The van der Waals surface area contributed by atoms with Gasteiger partial charge in [-0.1, -0.05) is 29.4 Å². The third-order valence-electron chi connectivity index (χ3n) is 5.75. The van der Waals surface area contributed by atoms with Crippen LogP contribution in [0, 0.1) is 20.8 Å². The van der Waals surface area contributed by atoms with Crippen molar-refractivity contribution in [1.82, 2.24) is 15.0 Å². The maximum absolute atomic E-state index is 13.0. The Balaban J connectivity index is 1.48. The molecule has 1 N–H and O–H groups in total. The van der Waals surface area contributed by atoms with Crippen LogP contribution in [0.1, 0.15) is 51.5 Å². The molecule has 6 heteroatoms. The quantitative estimate of drug-likeness (QED) is 0.423. The zero-order valence-corrected chi connectivity index (χ0v) is 18.8. The molecule has 6 nitrogen and oxygen atoms in total. The Morgan fingerprint density at radius 2 is 1.84 bits per heavy atom. The van der Waals surface area contributed by atoms with Crippen LogP contribution in [0.4, 0.5) is 0 Å². The number of amides is 1. The molecule has 1 unspecified atom stereocenters. The molecule has 0 spiro atoms. The van der Waals surface area contributed by atoms with Crippen molar-refractivity contribution < 1.29 is 14.1 Å². The minimum absolute atomic E-state index is 0.206. The second kappa shape index (κ2) is 9.14. The van der Waals surface area contributed by atoms with E-state index in [4.69, 9.17) is 9.26 Å². The summed E-state index contributed by atoms with van der Waals surface area (Å²) in [4.78, 5) is 13.0. The van der Waals surface area contributed by atoms with Gasteiger partial charge < -0.3 is 19.1 Å². The van der Waals surface area contributed by atoms with Gasteiger partial charge in [-0.25, -0.2) is 0 Å². The fourth-order valence-electron chi connectivity index (χ4n) is 3.58. The lowest BCUT2D eigenvalue weighted by molar-refractivity contribution is 0.0928. The topological polar surface area (TPSA) is 69.3 Å². The number of carbonyl (C=O) groups is 1. The van der Waals surface area contributed by atoms with Crippen molar-refractivity contribution in [3.8, 4) is 11.4 Å². The van der Waals surface area contributed by atoms with Crippen molar-refractivity contribution in [1.29, 1.82) is 0 Å². The first-order valence-corrected chi connectivity index (χ1v) is 10.6. The number of carbonyl (C=O) groups excluding carboxylic acids is 1. The van der Waals surface area contributed by atoms with Crippen molar-refractivity contribution in [3.05, 3.63) is 101 Å². The Hall–Kier alpha value is -3.80. The molecule has 0 saturated carbocycles. The van der Waals surface area contributed by atoms with Crippen molar-refractivity contribution in [2.75, 3.05) is 0 Å². The van der Waals surface area contributed by atoms with Gasteiger partial charge in [-0.05, 0) is 74.7 Å². The van der Waals surface area contributed by atoms with E-state index in [2.05, 4.69) is 16.5 Å². The van der Waals surface area contributed by atoms with E-state index in [0.717, 1.165) is 28.1 Å². The summed E-state index contributed by atoms with van der Waals surface area (Å²) in [6.07, 6.45) is 3.98. The molecule has 2 heterocycles. The Morgan fingerprint density at radius 3 is 2.62 bits per heavy atom. The van der Waals surface area contributed by atoms with Gasteiger partial charge in [-0.15, -0.1) is 0 Å². The van der Waals surface area contributed by atoms with E-state index in [1.165, 1.54) is 0 Å². The second-order valence-electron chi connectivity index (χ2n) is 7.93. The number of ether oxygens (including phenoxy) is 1. The molecular formula is C26H27N3O3. The number of hydrogen-bond acceptors (Lipinski definition) is 4. The molecule has 0 aliphatic heterocycles. The molecule has 0 aliphatic carbocycles. The summed E-state index contributed by atoms with van der Waals surface area (Å²) < 4.78 is 13.3. The highest BCUT2D eigenvalue weighted by Gasteiger charge is 2.22. The number of rotatable bonds is 7. The van der Waals surface area contributed by atoms with Gasteiger partial charge in [0, 0.05) is 18.1 Å². The number of hydrogen-bond donors (Lipinski definition) is 1. The van der Waals surface area contributed by atoms with Gasteiger partial charge in [0.2, 0.25) is 0 Å². The summed E-state index contributed by atoms with van der Waals surface area (Å²) in [5.41, 5.74) is 5.16. The Bertz CT molecular complexity index is 1230. The summed E-state index contributed by atoms with van der Waals surface area (Å²) in [5, 5.41) is 7.03. The van der Waals surface area contributed by atoms with Gasteiger partial charge in [0.15, 0.2) is 5.69 Å². The van der Waals surface area contributed by atoms with Gasteiger partial charge in [-0.2, -0.15) is 0 Å². The predicted molar refractivity (Wildman–Crippen MR) is 123 cm³/mol. The van der Waals surface area contributed by atoms with Crippen LogP contribution in [0.5, 0.6) is 5.75 Å². The van der Waals surface area contributed by atoms with Crippen LogP contribution in [-0.2, 0) is 6.61 Å². The molecule has 4 rings (SSSR count). The first kappa shape index (κ1) is 21.4. The van der Waals surface area contributed by atoms with Gasteiger partial charge in [-0.3, -0.25) is 4.79 Å². The van der Waals surface area contributed by atoms with Crippen LogP contribution in [0.25, 0.3) is 5.69 Å². The first-order valence-electron chi connectivity index (χ1n) is 10.6. The number of benzene rings is 2. The van der Waals surface area contributed by atoms with E-state index in [-0.39, 0.29) is 24.2 Å². The highest BCUT2D eigenvalue weighted by Crippen LogP contribution is 2.24. The van der Waals surface area contributed by atoms with E-state index in [9.17, 15) is 4.79 Å². The third-order valence-corrected chi connectivity index (χ3v) is 5.75. The lowest BCUT2D eigenvalue weighted by Crippen LogP contribution is -2.28. The molecule has 0 radical (unpaired) electrons. The average Bonchev–Trinajstić information content (AvgIpc) is 3.45. The Labute approximate surface area is 187 Å². The smallest absolute Gasteiger partial charge is 0.274 e. The van der Waals surface area contributed by atoms with Crippen molar-refractivity contribution >= 4 is 5.91 Å². The molecule has 2 aromatic carbocycles. The molecule has 0 saturated heterocycles. The summed E-state index contributed by atoms with van der Waals surface area (Å²) in [6, 6.07) is 17.7. The van der Waals surface area contributed by atoms with Crippen LogP contribution < -0.4 is 10.1 Å². The van der Waals surface area contributed by atoms with Crippen molar-refractivity contribution in [2.45, 2.75) is 40.3 Å². The van der Waals surface area contributed by atoms with Crippen LogP contribution in [0.15, 0.2) is 71.5 Å². The Kier molecular flexibility index (Phi) is 6.12. The minimum atomic E-state index is -0.291. The summed E-state index contributed by atoms with van der Waals surface area (Å²) in [5.74, 6) is 1.06. The van der Waals surface area contributed by atoms with Crippen LogP contribution in [-0.4, -0.2) is 15.6 Å².